The topological polar surface area (TPSA) is 12.0 Å². The second kappa shape index (κ2) is 6.18. The van der Waals surface area contributed by atoms with Gasteiger partial charge in [0.1, 0.15) is 5.82 Å². The Morgan fingerprint density at radius 3 is 2.44 bits per heavy atom. The fourth-order valence-corrected chi connectivity index (χ4v) is 1.87. The van der Waals surface area contributed by atoms with E-state index < -0.39 is 24.5 Å². The lowest BCUT2D eigenvalue weighted by Gasteiger charge is -2.22. The van der Waals surface area contributed by atoms with E-state index in [1.165, 1.54) is 18.2 Å². The maximum atomic E-state index is 13.0. The summed E-state index contributed by atoms with van der Waals surface area (Å²) in [5.74, 6) is -0.433. The lowest BCUT2D eigenvalue weighted by Crippen LogP contribution is -2.28. The summed E-state index contributed by atoms with van der Waals surface area (Å²) in [5.41, 5.74) is 1.04. The summed E-state index contributed by atoms with van der Waals surface area (Å²) in [6, 6.07) is 3.06. The molecule has 0 spiro atoms. The van der Waals surface area contributed by atoms with E-state index in [2.05, 4.69) is 5.32 Å². The average molecular weight is 263 g/mol. The first-order valence-electron chi connectivity index (χ1n) is 5.89. The molecule has 1 unspecified atom stereocenters. The molecule has 18 heavy (non-hydrogen) atoms. The zero-order chi connectivity index (χ0) is 13.8. The van der Waals surface area contributed by atoms with Crippen LogP contribution in [-0.2, 0) is 0 Å². The molecule has 1 nitrogen and oxygen atoms in total. The smallest absolute Gasteiger partial charge is 0.310 e. The summed E-state index contributed by atoms with van der Waals surface area (Å²) < 4.78 is 50.5. The van der Waals surface area contributed by atoms with Gasteiger partial charge in [0.25, 0.3) is 0 Å². The maximum Gasteiger partial charge on any atom is 0.390 e. The highest BCUT2D eigenvalue weighted by Gasteiger charge is 2.32. The van der Waals surface area contributed by atoms with Gasteiger partial charge in [0.15, 0.2) is 0 Å². The van der Waals surface area contributed by atoms with Gasteiger partial charge in [-0.1, -0.05) is 13.0 Å². The fourth-order valence-electron chi connectivity index (χ4n) is 1.87. The predicted octanol–water partition coefficient (Wildman–Crippen LogP) is 4.13. The molecule has 1 atom stereocenters. The summed E-state index contributed by atoms with van der Waals surface area (Å²) in [5, 5.41) is 2.86. The molecule has 0 aromatic heterocycles. The van der Waals surface area contributed by atoms with E-state index >= 15 is 0 Å². The van der Waals surface area contributed by atoms with E-state index in [-0.39, 0.29) is 0 Å². The van der Waals surface area contributed by atoms with Crippen LogP contribution in [0.15, 0.2) is 18.2 Å². The van der Waals surface area contributed by atoms with Gasteiger partial charge < -0.3 is 5.32 Å². The molecule has 0 aliphatic carbocycles. The van der Waals surface area contributed by atoms with Crippen LogP contribution in [0.3, 0.4) is 0 Å². The fraction of sp³-hybridized carbons (Fsp3) is 0.538. The molecule has 0 aliphatic heterocycles. The van der Waals surface area contributed by atoms with Crippen molar-refractivity contribution >= 4 is 0 Å². The molecule has 1 rings (SSSR count). The number of hydrogen-bond donors (Lipinski definition) is 1. The number of halogens is 4. The van der Waals surface area contributed by atoms with Crippen LogP contribution in [-0.4, -0.2) is 12.7 Å². The van der Waals surface area contributed by atoms with Crippen LogP contribution >= 0.6 is 0 Å². The van der Waals surface area contributed by atoms with Crippen molar-refractivity contribution in [2.45, 2.75) is 38.9 Å². The second-order valence-electron chi connectivity index (χ2n) is 4.33. The minimum Gasteiger partial charge on any atom is -0.310 e. The highest BCUT2D eigenvalue weighted by molar-refractivity contribution is 5.29. The molecule has 0 heterocycles. The number of nitrogens with one attached hydrogen (secondary N) is 1. The van der Waals surface area contributed by atoms with Gasteiger partial charge in [-0.15, -0.1) is 0 Å². The average Bonchev–Trinajstić information content (AvgIpc) is 2.23. The van der Waals surface area contributed by atoms with Crippen LogP contribution in [0.4, 0.5) is 17.6 Å². The Hall–Kier alpha value is -1.10. The quantitative estimate of drug-likeness (QED) is 0.788. The van der Waals surface area contributed by atoms with Crippen LogP contribution < -0.4 is 5.32 Å². The van der Waals surface area contributed by atoms with Crippen molar-refractivity contribution in [3.63, 3.8) is 0 Å². The van der Waals surface area contributed by atoms with Gasteiger partial charge in [0, 0.05) is 6.04 Å². The van der Waals surface area contributed by atoms with Gasteiger partial charge >= 0.3 is 6.18 Å². The Balaban J connectivity index is 2.93. The van der Waals surface area contributed by atoms with Crippen molar-refractivity contribution in [3.8, 4) is 0 Å². The van der Waals surface area contributed by atoms with E-state index in [0.29, 0.717) is 17.7 Å². The Labute approximate surface area is 104 Å². The van der Waals surface area contributed by atoms with Crippen molar-refractivity contribution in [3.05, 3.63) is 35.1 Å². The largest absolute Gasteiger partial charge is 0.390 e. The molecule has 0 saturated carbocycles. The van der Waals surface area contributed by atoms with Gasteiger partial charge in [-0.05, 0) is 43.1 Å². The Bertz CT molecular complexity index is 387. The lowest BCUT2D eigenvalue weighted by molar-refractivity contribution is -0.140. The van der Waals surface area contributed by atoms with Crippen LogP contribution in [0, 0.1) is 12.7 Å². The molecule has 0 amide bonds. The molecule has 0 aliphatic rings. The Morgan fingerprint density at radius 1 is 1.28 bits per heavy atom. The Kier molecular flexibility index (Phi) is 5.14. The molecular formula is C13H17F4N. The van der Waals surface area contributed by atoms with Gasteiger partial charge in [-0.3, -0.25) is 0 Å². The normalized spacial score (nSPS) is 13.7. The number of benzene rings is 1. The third-order valence-corrected chi connectivity index (χ3v) is 2.68. The number of hydrogen-bond acceptors (Lipinski definition) is 1. The summed E-state index contributed by atoms with van der Waals surface area (Å²) in [4.78, 5) is 0. The summed E-state index contributed by atoms with van der Waals surface area (Å²) in [6.07, 6.45) is -4.44. The van der Waals surface area contributed by atoms with Crippen molar-refractivity contribution in [1.82, 2.24) is 5.32 Å². The third kappa shape index (κ3) is 4.64. The van der Waals surface area contributed by atoms with Crippen LogP contribution in [0.5, 0.6) is 0 Å². The van der Waals surface area contributed by atoms with E-state index in [1.807, 2.05) is 6.92 Å². The van der Waals surface area contributed by atoms with E-state index in [9.17, 15) is 17.6 Å². The van der Waals surface area contributed by atoms with Gasteiger partial charge in [0.05, 0.1) is 6.42 Å². The first kappa shape index (κ1) is 15.0. The van der Waals surface area contributed by atoms with Gasteiger partial charge in [-0.2, -0.15) is 13.2 Å². The van der Waals surface area contributed by atoms with E-state index in [4.69, 9.17) is 0 Å². The molecule has 1 N–H and O–H groups in total. The maximum absolute atomic E-state index is 13.0. The standard InChI is InChI=1S/C13H17F4N/c1-3-6-18-12(8-13(15,16)17)11-5-4-10(14)7-9(11)2/h4-5,7,12,18H,3,6,8H2,1-2H3. The van der Waals surface area contributed by atoms with Crippen molar-refractivity contribution in [2.75, 3.05) is 6.54 Å². The SMILES string of the molecule is CCCNC(CC(F)(F)F)c1ccc(F)cc1C. The molecule has 5 heteroatoms. The number of rotatable bonds is 5. The van der Waals surface area contributed by atoms with Gasteiger partial charge in [0.2, 0.25) is 0 Å². The second-order valence-corrected chi connectivity index (χ2v) is 4.33. The highest BCUT2D eigenvalue weighted by atomic mass is 19.4. The predicted molar refractivity (Wildman–Crippen MR) is 62.8 cm³/mol. The summed E-state index contributed by atoms with van der Waals surface area (Å²) >= 11 is 0. The number of aryl methyl sites for hydroxylation is 1. The van der Waals surface area contributed by atoms with Crippen molar-refractivity contribution in [2.24, 2.45) is 0 Å². The monoisotopic (exact) mass is 263 g/mol. The lowest BCUT2D eigenvalue weighted by atomic mass is 9.98. The highest BCUT2D eigenvalue weighted by Crippen LogP contribution is 2.31. The molecule has 1 aromatic carbocycles. The summed E-state index contributed by atoms with van der Waals surface area (Å²) in [6.45, 7) is 4.00. The van der Waals surface area contributed by atoms with Crippen molar-refractivity contribution < 1.29 is 17.6 Å². The molecule has 0 fully saturated rings. The van der Waals surface area contributed by atoms with Crippen molar-refractivity contribution in [1.29, 1.82) is 0 Å². The summed E-state index contributed by atoms with van der Waals surface area (Å²) in [7, 11) is 0. The minimum absolute atomic E-state index is 0.433. The molecule has 102 valence electrons. The van der Waals surface area contributed by atoms with Crippen LogP contribution in [0.25, 0.3) is 0 Å². The molecule has 0 radical (unpaired) electrons. The van der Waals surface area contributed by atoms with Crippen LogP contribution in [0.2, 0.25) is 0 Å². The number of alkyl halides is 3. The molecule has 0 bridgehead atoms. The minimum atomic E-state index is -4.24. The first-order chi connectivity index (χ1) is 8.33. The molecule has 1 aromatic rings. The zero-order valence-electron chi connectivity index (χ0n) is 10.4. The zero-order valence-corrected chi connectivity index (χ0v) is 10.4. The molecular weight excluding hydrogens is 246 g/mol. The van der Waals surface area contributed by atoms with Gasteiger partial charge in [-0.25, -0.2) is 4.39 Å². The van der Waals surface area contributed by atoms with Crippen LogP contribution in [0.1, 0.15) is 36.9 Å². The van der Waals surface area contributed by atoms with E-state index in [0.717, 1.165) is 6.42 Å². The molecule has 0 saturated heterocycles. The first-order valence-corrected chi connectivity index (χ1v) is 5.89. The third-order valence-electron chi connectivity index (χ3n) is 2.68. The Morgan fingerprint density at radius 2 is 1.94 bits per heavy atom. The van der Waals surface area contributed by atoms with E-state index in [1.54, 1.807) is 6.92 Å².